The van der Waals surface area contributed by atoms with Gasteiger partial charge in [0.05, 0.1) is 6.61 Å². The van der Waals surface area contributed by atoms with Gasteiger partial charge in [-0.3, -0.25) is 0 Å². The summed E-state index contributed by atoms with van der Waals surface area (Å²) in [4.78, 5) is 1.40. The molecule has 2 N–H and O–H groups in total. The molecule has 1 heterocycles. The van der Waals surface area contributed by atoms with Gasteiger partial charge in [-0.05, 0) is 55.5 Å². The van der Waals surface area contributed by atoms with Crippen molar-refractivity contribution in [2.24, 2.45) is 5.92 Å². The van der Waals surface area contributed by atoms with Gasteiger partial charge >= 0.3 is 0 Å². The van der Waals surface area contributed by atoms with Gasteiger partial charge in [-0.1, -0.05) is 6.92 Å². The molecule has 0 atom stereocenters. The minimum absolute atomic E-state index is 0.0249. The van der Waals surface area contributed by atoms with Crippen LogP contribution in [0.3, 0.4) is 0 Å². The molecule has 1 aliphatic carbocycles. The number of hydrogen-bond donors (Lipinski definition) is 2. The topological polar surface area (TPSA) is 32.3 Å². The molecule has 1 saturated carbocycles. The van der Waals surface area contributed by atoms with E-state index < -0.39 is 0 Å². The second-order valence-electron chi connectivity index (χ2n) is 5.50. The van der Waals surface area contributed by atoms with Crippen LogP contribution in [0.2, 0.25) is 0 Å². The molecule has 1 fully saturated rings. The van der Waals surface area contributed by atoms with E-state index in [1.54, 1.807) is 11.3 Å². The lowest BCUT2D eigenvalue weighted by Crippen LogP contribution is -2.50. The van der Waals surface area contributed by atoms with Crippen molar-refractivity contribution in [2.75, 3.05) is 6.61 Å². The summed E-state index contributed by atoms with van der Waals surface area (Å²) in [5.74, 6) is 0.819. The SMILES string of the molecule is Cc1ccsc1CNC1(CO)CCC(C)CC1. The highest BCUT2D eigenvalue weighted by molar-refractivity contribution is 7.10. The molecule has 0 amide bonds. The molecule has 1 aliphatic rings. The zero-order valence-corrected chi connectivity index (χ0v) is 11.6. The van der Waals surface area contributed by atoms with Gasteiger partial charge in [0.1, 0.15) is 0 Å². The van der Waals surface area contributed by atoms with Gasteiger partial charge in [-0.2, -0.15) is 0 Å². The summed E-state index contributed by atoms with van der Waals surface area (Å²) in [5, 5.41) is 15.4. The van der Waals surface area contributed by atoms with Gasteiger partial charge in [0.25, 0.3) is 0 Å². The number of nitrogens with one attached hydrogen (secondary N) is 1. The van der Waals surface area contributed by atoms with E-state index in [2.05, 4.69) is 30.6 Å². The predicted octanol–water partition coefficient (Wildman–Crippen LogP) is 3.09. The fraction of sp³-hybridized carbons (Fsp3) is 0.714. The Hall–Kier alpha value is -0.380. The smallest absolute Gasteiger partial charge is 0.0613 e. The summed E-state index contributed by atoms with van der Waals surface area (Å²) in [6.07, 6.45) is 4.68. The number of thiophene rings is 1. The van der Waals surface area contributed by atoms with Crippen molar-refractivity contribution in [3.63, 3.8) is 0 Å². The molecule has 1 aromatic rings. The minimum Gasteiger partial charge on any atom is -0.394 e. The predicted molar refractivity (Wildman–Crippen MR) is 73.3 cm³/mol. The van der Waals surface area contributed by atoms with Crippen molar-refractivity contribution in [1.29, 1.82) is 0 Å². The number of aliphatic hydroxyl groups excluding tert-OH is 1. The molecule has 96 valence electrons. The van der Waals surface area contributed by atoms with E-state index >= 15 is 0 Å². The van der Waals surface area contributed by atoms with Gasteiger partial charge in [-0.15, -0.1) is 11.3 Å². The summed E-state index contributed by atoms with van der Waals surface area (Å²) < 4.78 is 0. The Labute approximate surface area is 108 Å². The molecule has 3 heteroatoms. The summed E-state index contributed by atoms with van der Waals surface area (Å²) >= 11 is 1.80. The maximum absolute atomic E-state index is 9.67. The van der Waals surface area contributed by atoms with Crippen molar-refractivity contribution < 1.29 is 5.11 Å². The second-order valence-corrected chi connectivity index (χ2v) is 6.50. The summed E-state index contributed by atoms with van der Waals surface area (Å²) in [5.41, 5.74) is 1.34. The van der Waals surface area contributed by atoms with E-state index in [1.165, 1.54) is 23.3 Å². The second kappa shape index (κ2) is 5.51. The van der Waals surface area contributed by atoms with Crippen molar-refractivity contribution >= 4 is 11.3 Å². The average molecular weight is 253 g/mol. The minimum atomic E-state index is -0.0249. The molecule has 17 heavy (non-hydrogen) atoms. The molecular formula is C14H23NOS. The average Bonchev–Trinajstić information content (AvgIpc) is 2.75. The van der Waals surface area contributed by atoms with Gasteiger partial charge in [0.2, 0.25) is 0 Å². The number of hydrogen-bond acceptors (Lipinski definition) is 3. The largest absolute Gasteiger partial charge is 0.394 e. The lowest BCUT2D eigenvalue weighted by Gasteiger charge is -2.39. The van der Waals surface area contributed by atoms with Crippen LogP contribution in [0.1, 0.15) is 43.0 Å². The molecular weight excluding hydrogens is 230 g/mol. The van der Waals surface area contributed by atoms with Crippen LogP contribution in [-0.2, 0) is 6.54 Å². The molecule has 1 aromatic heterocycles. The zero-order chi connectivity index (χ0) is 12.3. The van der Waals surface area contributed by atoms with Crippen molar-refractivity contribution in [3.05, 3.63) is 21.9 Å². The first kappa shape index (κ1) is 13.1. The molecule has 0 aliphatic heterocycles. The third-order valence-electron chi connectivity index (χ3n) is 4.13. The highest BCUT2D eigenvalue weighted by Gasteiger charge is 2.33. The third kappa shape index (κ3) is 3.09. The normalized spacial score (nSPS) is 29.5. The Morgan fingerprint density at radius 1 is 1.47 bits per heavy atom. The standard InChI is InChI=1S/C14H23NOS/c1-11-3-6-14(10-16,7-4-11)15-9-13-12(2)5-8-17-13/h5,8,11,15-16H,3-4,6-7,9-10H2,1-2H3. The van der Waals surface area contributed by atoms with Gasteiger partial charge in [0, 0.05) is 17.0 Å². The molecule has 0 bridgehead atoms. The highest BCUT2D eigenvalue weighted by Crippen LogP contribution is 2.32. The van der Waals surface area contributed by atoms with Crippen molar-refractivity contribution in [2.45, 2.75) is 51.6 Å². The van der Waals surface area contributed by atoms with E-state index in [0.717, 1.165) is 25.3 Å². The fourth-order valence-corrected chi connectivity index (χ4v) is 3.40. The molecule has 0 saturated heterocycles. The van der Waals surface area contributed by atoms with Crippen LogP contribution >= 0.6 is 11.3 Å². The maximum Gasteiger partial charge on any atom is 0.0613 e. The lowest BCUT2D eigenvalue weighted by molar-refractivity contribution is 0.104. The maximum atomic E-state index is 9.67. The monoisotopic (exact) mass is 253 g/mol. The number of rotatable bonds is 4. The van der Waals surface area contributed by atoms with Crippen LogP contribution < -0.4 is 5.32 Å². The number of aryl methyl sites for hydroxylation is 1. The number of aliphatic hydroxyl groups is 1. The molecule has 0 spiro atoms. The Morgan fingerprint density at radius 2 is 2.18 bits per heavy atom. The first-order valence-electron chi connectivity index (χ1n) is 6.54. The summed E-state index contributed by atoms with van der Waals surface area (Å²) in [6.45, 7) is 5.63. The van der Waals surface area contributed by atoms with Crippen LogP contribution in [0.15, 0.2) is 11.4 Å². The first-order valence-corrected chi connectivity index (χ1v) is 7.42. The van der Waals surface area contributed by atoms with E-state index in [9.17, 15) is 5.11 Å². The summed E-state index contributed by atoms with van der Waals surface area (Å²) in [6, 6.07) is 2.16. The van der Waals surface area contributed by atoms with E-state index in [4.69, 9.17) is 0 Å². The fourth-order valence-electron chi connectivity index (χ4n) is 2.56. The Balaban J connectivity index is 1.94. The third-order valence-corrected chi connectivity index (χ3v) is 5.15. The first-order chi connectivity index (χ1) is 8.15. The molecule has 0 aromatic carbocycles. The van der Waals surface area contributed by atoms with E-state index in [-0.39, 0.29) is 12.1 Å². The van der Waals surface area contributed by atoms with Gasteiger partial charge in [-0.25, -0.2) is 0 Å². The van der Waals surface area contributed by atoms with E-state index in [0.29, 0.717) is 0 Å². The summed E-state index contributed by atoms with van der Waals surface area (Å²) in [7, 11) is 0. The van der Waals surface area contributed by atoms with Crippen molar-refractivity contribution in [3.8, 4) is 0 Å². The molecule has 0 radical (unpaired) electrons. The van der Waals surface area contributed by atoms with Crippen molar-refractivity contribution in [1.82, 2.24) is 5.32 Å². The molecule has 2 rings (SSSR count). The quantitative estimate of drug-likeness (QED) is 0.864. The van der Waals surface area contributed by atoms with Crippen LogP contribution in [-0.4, -0.2) is 17.3 Å². The molecule has 2 nitrogen and oxygen atoms in total. The Bertz CT molecular complexity index is 353. The van der Waals surface area contributed by atoms with Crippen LogP contribution in [0, 0.1) is 12.8 Å². The highest BCUT2D eigenvalue weighted by atomic mass is 32.1. The van der Waals surface area contributed by atoms with Gasteiger partial charge < -0.3 is 10.4 Å². The zero-order valence-electron chi connectivity index (χ0n) is 10.8. The molecule has 0 unspecified atom stereocenters. The van der Waals surface area contributed by atoms with Crippen LogP contribution in [0.5, 0.6) is 0 Å². The van der Waals surface area contributed by atoms with E-state index in [1.807, 2.05) is 0 Å². The Morgan fingerprint density at radius 3 is 2.71 bits per heavy atom. The van der Waals surface area contributed by atoms with Gasteiger partial charge in [0.15, 0.2) is 0 Å². The Kier molecular flexibility index (Phi) is 4.23. The van der Waals surface area contributed by atoms with Crippen LogP contribution in [0.25, 0.3) is 0 Å². The lowest BCUT2D eigenvalue weighted by atomic mass is 9.77. The van der Waals surface area contributed by atoms with Crippen LogP contribution in [0.4, 0.5) is 0 Å².